The summed E-state index contributed by atoms with van der Waals surface area (Å²) in [6.45, 7) is 3.04. The van der Waals surface area contributed by atoms with Gasteiger partial charge in [0.05, 0.1) is 24.9 Å². The zero-order valence-electron chi connectivity index (χ0n) is 17.8. The third-order valence-corrected chi connectivity index (χ3v) is 5.58. The first-order valence-corrected chi connectivity index (χ1v) is 10.1. The van der Waals surface area contributed by atoms with Crippen molar-refractivity contribution < 1.29 is 14.6 Å². The van der Waals surface area contributed by atoms with Crippen molar-refractivity contribution in [2.24, 2.45) is 5.73 Å². The Bertz CT molecular complexity index is 1280. The lowest BCUT2D eigenvalue weighted by molar-refractivity contribution is 0.371. The standard InChI is InChI=1S/C23H23N5O4/c1-14-10-19-21(23(30)28(14)8-3-7-27-9-6-26-13-27)20(16(12-24)22(25)32-19)15-4-5-17(29)18(11-15)31-2/h4-6,9-11,13,20,29H,3,7-8,25H2,1-2H3. The summed E-state index contributed by atoms with van der Waals surface area (Å²) in [5.74, 6) is -0.272. The zero-order chi connectivity index (χ0) is 22.8. The van der Waals surface area contributed by atoms with Crippen molar-refractivity contribution in [3.8, 4) is 23.3 Å². The molecule has 4 rings (SSSR count). The number of methoxy groups -OCH3 is 1. The molecule has 9 nitrogen and oxygen atoms in total. The summed E-state index contributed by atoms with van der Waals surface area (Å²) < 4.78 is 14.5. The van der Waals surface area contributed by atoms with Crippen LogP contribution < -0.4 is 20.8 Å². The minimum absolute atomic E-state index is 0.0418. The number of aromatic nitrogens is 3. The fourth-order valence-electron chi connectivity index (χ4n) is 4.00. The van der Waals surface area contributed by atoms with Crippen LogP contribution >= 0.6 is 0 Å². The van der Waals surface area contributed by atoms with E-state index in [0.29, 0.717) is 30.0 Å². The van der Waals surface area contributed by atoms with Gasteiger partial charge >= 0.3 is 0 Å². The Labute approximate surface area is 184 Å². The molecule has 3 N–H and O–H groups in total. The highest BCUT2D eigenvalue weighted by atomic mass is 16.5. The Hall–Kier alpha value is -4.19. The Morgan fingerprint density at radius 3 is 2.84 bits per heavy atom. The predicted octanol–water partition coefficient (Wildman–Crippen LogP) is 2.38. The normalized spacial score (nSPS) is 15.1. The Kier molecular flexibility index (Phi) is 5.60. The average molecular weight is 433 g/mol. The second-order valence-electron chi connectivity index (χ2n) is 7.53. The first kappa shape index (κ1) is 21.1. The average Bonchev–Trinajstić information content (AvgIpc) is 3.29. The van der Waals surface area contributed by atoms with Crippen molar-refractivity contribution in [1.29, 1.82) is 5.26 Å². The van der Waals surface area contributed by atoms with Gasteiger partial charge < -0.3 is 29.4 Å². The first-order chi connectivity index (χ1) is 15.4. The minimum Gasteiger partial charge on any atom is -0.504 e. The molecule has 0 spiro atoms. The summed E-state index contributed by atoms with van der Waals surface area (Å²) in [5, 5.41) is 19.8. The summed E-state index contributed by atoms with van der Waals surface area (Å²) in [6.07, 6.45) is 6.04. The number of nitrogens with two attached hydrogens (primary N) is 1. The molecular weight excluding hydrogens is 410 g/mol. The van der Waals surface area contributed by atoms with E-state index in [9.17, 15) is 15.2 Å². The van der Waals surface area contributed by atoms with E-state index in [1.165, 1.54) is 13.2 Å². The smallest absolute Gasteiger partial charge is 0.258 e. The van der Waals surface area contributed by atoms with Crippen LogP contribution in [-0.4, -0.2) is 26.3 Å². The Morgan fingerprint density at radius 2 is 2.16 bits per heavy atom. The molecule has 0 radical (unpaired) electrons. The molecule has 9 heteroatoms. The van der Waals surface area contributed by atoms with Crippen molar-refractivity contribution in [2.45, 2.75) is 32.4 Å². The fourth-order valence-corrected chi connectivity index (χ4v) is 4.00. The van der Waals surface area contributed by atoms with Gasteiger partial charge in [0.25, 0.3) is 5.56 Å². The summed E-state index contributed by atoms with van der Waals surface area (Å²) in [6, 6.07) is 8.56. The van der Waals surface area contributed by atoms with Gasteiger partial charge in [0.15, 0.2) is 11.5 Å². The number of aryl methyl sites for hydroxylation is 2. The highest BCUT2D eigenvalue weighted by Gasteiger charge is 2.34. The van der Waals surface area contributed by atoms with Gasteiger partial charge in [-0.05, 0) is 31.0 Å². The van der Waals surface area contributed by atoms with E-state index < -0.39 is 5.92 Å². The predicted molar refractivity (Wildman–Crippen MR) is 116 cm³/mol. The molecule has 0 bridgehead atoms. The van der Waals surface area contributed by atoms with Gasteiger partial charge in [0, 0.05) is 37.2 Å². The third kappa shape index (κ3) is 3.67. The number of fused-ring (bicyclic) bond motifs is 1. The molecule has 32 heavy (non-hydrogen) atoms. The highest BCUT2D eigenvalue weighted by Crippen LogP contribution is 2.42. The topological polar surface area (TPSA) is 128 Å². The number of hydrogen-bond donors (Lipinski definition) is 2. The number of nitriles is 1. The number of rotatable bonds is 6. The van der Waals surface area contributed by atoms with Crippen LogP contribution in [0.1, 0.15) is 29.2 Å². The van der Waals surface area contributed by atoms with Gasteiger partial charge in [0.2, 0.25) is 5.88 Å². The van der Waals surface area contributed by atoms with E-state index in [1.807, 2.05) is 17.7 Å². The maximum absolute atomic E-state index is 13.6. The number of allylic oxidation sites excluding steroid dienone is 1. The second-order valence-corrected chi connectivity index (χ2v) is 7.53. The molecule has 2 aromatic heterocycles. The SMILES string of the molecule is COc1cc(C2C(C#N)=C(N)Oc3cc(C)n(CCCn4ccnc4)c(=O)c32)ccc1O. The van der Waals surface area contributed by atoms with Crippen molar-refractivity contribution in [3.63, 3.8) is 0 Å². The molecule has 1 aromatic carbocycles. The lowest BCUT2D eigenvalue weighted by atomic mass is 9.84. The zero-order valence-corrected chi connectivity index (χ0v) is 17.8. The van der Waals surface area contributed by atoms with Crippen LogP contribution in [0.15, 0.2) is 59.2 Å². The summed E-state index contributed by atoms with van der Waals surface area (Å²) in [7, 11) is 1.43. The molecule has 1 aliphatic heterocycles. The van der Waals surface area contributed by atoms with Crippen molar-refractivity contribution in [2.75, 3.05) is 7.11 Å². The number of benzene rings is 1. The molecular formula is C23H23N5O4. The largest absolute Gasteiger partial charge is 0.504 e. The molecule has 0 aliphatic carbocycles. The van der Waals surface area contributed by atoms with Gasteiger partial charge in [-0.2, -0.15) is 5.26 Å². The quantitative estimate of drug-likeness (QED) is 0.611. The molecule has 164 valence electrons. The maximum Gasteiger partial charge on any atom is 0.258 e. The number of imidazole rings is 1. The fraction of sp³-hybridized carbons (Fsp3) is 0.261. The Balaban J connectivity index is 1.80. The van der Waals surface area contributed by atoms with Crippen molar-refractivity contribution >= 4 is 0 Å². The van der Waals surface area contributed by atoms with Crippen LogP contribution in [0.4, 0.5) is 0 Å². The van der Waals surface area contributed by atoms with E-state index in [1.54, 1.807) is 35.3 Å². The van der Waals surface area contributed by atoms with Crippen molar-refractivity contribution in [1.82, 2.24) is 14.1 Å². The number of hydrogen-bond acceptors (Lipinski definition) is 7. The van der Waals surface area contributed by atoms with Gasteiger partial charge in [-0.1, -0.05) is 6.07 Å². The molecule has 0 amide bonds. The number of phenolic OH excluding ortho intramolecular Hbond substituents is 1. The van der Waals surface area contributed by atoms with Crippen LogP contribution in [0.5, 0.6) is 17.2 Å². The molecule has 1 atom stereocenters. The lowest BCUT2D eigenvalue weighted by Crippen LogP contribution is -2.33. The van der Waals surface area contributed by atoms with Crippen molar-refractivity contribution in [3.05, 3.63) is 81.6 Å². The molecule has 3 heterocycles. The number of aromatic hydroxyl groups is 1. The summed E-state index contributed by atoms with van der Waals surface area (Å²) in [5.41, 5.74) is 7.58. The number of phenols is 1. The molecule has 0 saturated carbocycles. The van der Waals surface area contributed by atoms with Gasteiger partial charge in [-0.15, -0.1) is 0 Å². The molecule has 0 fully saturated rings. The highest BCUT2D eigenvalue weighted by molar-refractivity contribution is 5.57. The van der Waals surface area contributed by atoms with E-state index in [2.05, 4.69) is 11.1 Å². The molecule has 1 unspecified atom stereocenters. The van der Waals surface area contributed by atoms with Crippen LogP contribution in [0.3, 0.4) is 0 Å². The van der Waals surface area contributed by atoms with E-state index >= 15 is 0 Å². The van der Waals surface area contributed by atoms with Crippen LogP contribution in [0, 0.1) is 18.3 Å². The van der Waals surface area contributed by atoms with Crippen LogP contribution in [-0.2, 0) is 13.1 Å². The second kappa shape index (κ2) is 8.51. The minimum atomic E-state index is -0.744. The van der Waals surface area contributed by atoms with E-state index in [4.69, 9.17) is 15.2 Å². The molecule has 3 aromatic rings. The van der Waals surface area contributed by atoms with Crippen LogP contribution in [0.25, 0.3) is 0 Å². The van der Waals surface area contributed by atoms with Crippen LogP contribution in [0.2, 0.25) is 0 Å². The lowest BCUT2D eigenvalue weighted by Gasteiger charge is -2.27. The summed E-state index contributed by atoms with van der Waals surface area (Å²) >= 11 is 0. The third-order valence-electron chi connectivity index (χ3n) is 5.58. The number of nitrogens with zero attached hydrogens (tertiary/aromatic N) is 4. The first-order valence-electron chi connectivity index (χ1n) is 10.1. The number of pyridine rings is 1. The maximum atomic E-state index is 13.6. The van der Waals surface area contributed by atoms with Gasteiger partial charge in [-0.3, -0.25) is 4.79 Å². The molecule has 1 aliphatic rings. The summed E-state index contributed by atoms with van der Waals surface area (Å²) in [4.78, 5) is 17.6. The molecule has 0 saturated heterocycles. The van der Waals surface area contributed by atoms with E-state index in [-0.39, 0.29) is 28.5 Å². The monoisotopic (exact) mass is 433 g/mol. The van der Waals surface area contributed by atoms with Gasteiger partial charge in [-0.25, -0.2) is 4.98 Å². The van der Waals surface area contributed by atoms with Gasteiger partial charge in [0.1, 0.15) is 17.4 Å². The van der Waals surface area contributed by atoms with E-state index in [0.717, 1.165) is 12.1 Å². The number of ether oxygens (including phenoxy) is 2. The Morgan fingerprint density at radius 1 is 1.34 bits per heavy atom.